The van der Waals surface area contributed by atoms with Crippen molar-refractivity contribution >= 4 is 17.5 Å². The Morgan fingerprint density at radius 1 is 1.15 bits per heavy atom. The van der Waals surface area contributed by atoms with Crippen LogP contribution in [0.25, 0.3) is 0 Å². The molecule has 3 rings (SSSR count). The number of imidazole rings is 1. The Hall–Kier alpha value is -2.59. The number of halogens is 1. The second-order valence-electron chi connectivity index (χ2n) is 6.65. The second kappa shape index (κ2) is 8.87. The van der Waals surface area contributed by atoms with Gasteiger partial charge in [0.05, 0.1) is 0 Å². The molecule has 1 amide bonds. The molecule has 27 heavy (non-hydrogen) atoms. The molecule has 4 nitrogen and oxygen atoms in total. The number of aryl methyl sites for hydroxylation is 2. The molecule has 1 N–H and O–H groups in total. The maximum atomic E-state index is 12.9. The van der Waals surface area contributed by atoms with E-state index in [1.807, 2.05) is 66.3 Å². The van der Waals surface area contributed by atoms with Crippen molar-refractivity contribution in [3.63, 3.8) is 0 Å². The molecule has 2 aromatic carbocycles. The quantitative estimate of drug-likeness (QED) is 0.630. The monoisotopic (exact) mass is 381 g/mol. The first-order chi connectivity index (χ1) is 13.1. The summed E-state index contributed by atoms with van der Waals surface area (Å²) in [5.74, 6) is 0.644. The zero-order valence-corrected chi connectivity index (χ0v) is 16.4. The first kappa shape index (κ1) is 19.2. The van der Waals surface area contributed by atoms with Gasteiger partial charge in [0.15, 0.2) is 0 Å². The van der Waals surface area contributed by atoms with Crippen LogP contribution in [0.1, 0.15) is 53.1 Å². The molecule has 0 aliphatic heterocycles. The molecule has 0 aliphatic rings. The fourth-order valence-corrected chi connectivity index (χ4v) is 3.15. The average molecular weight is 382 g/mol. The van der Waals surface area contributed by atoms with Crippen molar-refractivity contribution in [2.24, 2.45) is 7.05 Å². The van der Waals surface area contributed by atoms with Crippen LogP contribution in [0.15, 0.2) is 60.9 Å². The lowest BCUT2D eigenvalue weighted by Gasteiger charge is -2.19. The molecular weight excluding hydrogens is 358 g/mol. The van der Waals surface area contributed by atoms with Gasteiger partial charge in [-0.2, -0.15) is 0 Å². The topological polar surface area (TPSA) is 46.9 Å². The van der Waals surface area contributed by atoms with E-state index in [0.717, 1.165) is 30.7 Å². The highest BCUT2D eigenvalue weighted by Crippen LogP contribution is 2.23. The Balaban J connectivity index is 1.82. The number of benzene rings is 2. The van der Waals surface area contributed by atoms with Crippen molar-refractivity contribution in [3.05, 3.63) is 88.5 Å². The Kier molecular flexibility index (Phi) is 6.30. The molecule has 1 atom stereocenters. The molecule has 0 unspecified atom stereocenters. The molecule has 140 valence electrons. The molecular formula is C22H24ClN3O. The van der Waals surface area contributed by atoms with E-state index in [1.54, 1.807) is 6.20 Å². The maximum Gasteiger partial charge on any atom is 0.252 e. The normalized spacial score (nSPS) is 12.0. The van der Waals surface area contributed by atoms with E-state index in [4.69, 9.17) is 11.6 Å². The number of carbonyl (C=O) groups is 1. The smallest absolute Gasteiger partial charge is 0.252 e. The van der Waals surface area contributed by atoms with Gasteiger partial charge in [0.25, 0.3) is 5.91 Å². The minimum atomic E-state index is -0.352. The van der Waals surface area contributed by atoms with Gasteiger partial charge in [-0.15, -0.1) is 0 Å². The minimum Gasteiger partial charge on any atom is -0.338 e. The van der Waals surface area contributed by atoms with Gasteiger partial charge in [0.1, 0.15) is 11.9 Å². The zero-order chi connectivity index (χ0) is 19.2. The van der Waals surface area contributed by atoms with Gasteiger partial charge >= 0.3 is 0 Å². The van der Waals surface area contributed by atoms with E-state index < -0.39 is 0 Å². The van der Waals surface area contributed by atoms with Crippen LogP contribution in [0.5, 0.6) is 0 Å². The fourth-order valence-electron chi connectivity index (χ4n) is 3.03. The number of amides is 1. The van der Waals surface area contributed by atoms with Crippen molar-refractivity contribution < 1.29 is 4.79 Å². The van der Waals surface area contributed by atoms with E-state index in [1.165, 1.54) is 5.56 Å². The lowest BCUT2D eigenvalue weighted by atomic mass is 10.0. The van der Waals surface area contributed by atoms with Crippen molar-refractivity contribution in [1.29, 1.82) is 0 Å². The van der Waals surface area contributed by atoms with Gasteiger partial charge in [-0.05, 0) is 48.2 Å². The van der Waals surface area contributed by atoms with Crippen LogP contribution in [0.4, 0.5) is 0 Å². The number of aromatic nitrogens is 2. The van der Waals surface area contributed by atoms with Gasteiger partial charge in [-0.1, -0.05) is 49.2 Å². The summed E-state index contributed by atoms with van der Waals surface area (Å²) < 4.78 is 1.91. The van der Waals surface area contributed by atoms with Gasteiger partial charge in [-0.3, -0.25) is 4.79 Å². The van der Waals surface area contributed by atoms with Gasteiger partial charge in [0.2, 0.25) is 0 Å². The lowest BCUT2D eigenvalue weighted by Crippen LogP contribution is -2.31. The number of carbonyl (C=O) groups excluding carboxylic acids is 1. The number of hydrogen-bond donors (Lipinski definition) is 1. The highest BCUT2D eigenvalue weighted by Gasteiger charge is 2.21. The second-order valence-corrected chi connectivity index (χ2v) is 7.09. The van der Waals surface area contributed by atoms with Crippen LogP contribution in [0.3, 0.4) is 0 Å². The third kappa shape index (κ3) is 4.77. The summed E-state index contributed by atoms with van der Waals surface area (Å²) in [7, 11) is 1.92. The van der Waals surface area contributed by atoms with E-state index in [2.05, 4.69) is 17.2 Å². The third-order valence-corrected chi connectivity index (χ3v) is 4.88. The standard InChI is InChI=1S/C22H24ClN3O/c1-3-4-5-16-6-8-18(9-7-16)22(27)25-20(21-24-14-15-26(21)2)17-10-12-19(23)13-11-17/h6-15,20H,3-5H2,1-2H3,(H,25,27)/t20-/m1/s1. The molecule has 0 saturated heterocycles. The summed E-state index contributed by atoms with van der Waals surface area (Å²) in [6.07, 6.45) is 6.96. The molecule has 0 bridgehead atoms. The first-order valence-corrected chi connectivity index (χ1v) is 9.58. The first-order valence-electron chi connectivity index (χ1n) is 9.21. The lowest BCUT2D eigenvalue weighted by molar-refractivity contribution is 0.0941. The number of rotatable bonds is 7. The summed E-state index contributed by atoms with van der Waals surface area (Å²) >= 11 is 6.02. The van der Waals surface area contributed by atoms with Crippen LogP contribution in [-0.2, 0) is 13.5 Å². The van der Waals surface area contributed by atoms with Gasteiger partial charge in [0, 0.05) is 30.0 Å². The predicted octanol–water partition coefficient (Wildman–Crippen LogP) is 4.94. The Morgan fingerprint density at radius 3 is 2.44 bits per heavy atom. The summed E-state index contributed by atoms with van der Waals surface area (Å²) in [4.78, 5) is 17.3. The maximum absolute atomic E-state index is 12.9. The summed E-state index contributed by atoms with van der Waals surface area (Å²) in [6.45, 7) is 2.18. The van der Waals surface area contributed by atoms with Crippen LogP contribution in [0.2, 0.25) is 5.02 Å². The summed E-state index contributed by atoms with van der Waals surface area (Å²) in [6, 6.07) is 14.9. The molecule has 0 saturated carbocycles. The number of hydrogen-bond acceptors (Lipinski definition) is 2. The summed E-state index contributed by atoms with van der Waals surface area (Å²) in [5.41, 5.74) is 2.83. The van der Waals surface area contributed by atoms with Crippen molar-refractivity contribution in [2.45, 2.75) is 32.2 Å². The van der Waals surface area contributed by atoms with Gasteiger partial charge in [-0.25, -0.2) is 4.98 Å². The van der Waals surface area contributed by atoms with Crippen LogP contribution in [0, 0.1) is 0 Å². The van der Waals surface area contributed by atoms with Crippen molar-refractivity contribution in [1.82, 2.24) is 14.9 Å². The molecule has 5 heteroatoms. The zero-order valence-electron chi connectivity index (χ0n) is 15.7. The van der Waals surface area contributed by atoms with Crippen LogP contribution >= 0.6 is 11.6 Å². The highest BCUT2D eigenvalue weighted by molar-refractivity contribution is 6.30. The molecule has 1 aromatic heterocycles. The molecule has 0 spiro atoms. The van der Waals surface area contributed by atoms with Crippen molar-refractivity contribution in [2.75, 3.05) is 0 Å². The van der Waals surface area contributed by atoms with Crippen LogP contribution in [-0.4, -0.2) is 15.5 Å². The molecule has 1 heterocycles. The van der Waals surface area contributed by atoms with Gasteiger partial charge < -0.3 is 9.88 Å². The number of nitrogens with one attached hydrogen (secondary N) is 1. The molecule has 3 aromatic rings. The fraction of sp³-hybridized carbons (Fsp3) is 0.273. The Labute approximate surface area is 165 Å². The Bertz CT molecular complexity index is 885. The molecule has 0 radical (unpaired) electrons. The van der Waals surface area contributed by atoms with E-state index in [0.29, 0.717) is 10.6 Å². The van der Waals surface area contributed by atoms with E-state index in [9.17, 15) is 4.79 Å². The third-order valence-electron chi connectivity index (χ3n) is 4.63. The Morgan fingerprint density at radius 2 is 1.85 bits per heavy atom. The molecule has 0 aliphatic carbocycles. The number of unbranched alkanes of at least 4 members (excludes halogenated alkanes) is 1. The average Bonchev–Trinajstić information content (AvgIpc) is 3.11. The molecule has 0 fully saturated rings. The predicted molar refractivity (Wildman–Crippen MR) is 109 cm³/mol. The SMILES string of the molecule is CCCCc1ccc(C(=O)N[C@H](c2ccc(Cl)cc2)c2nccn2C)cc1. The largest absolute Gasteiger partial charge is 0.338 e. The number of nitrogens with zero attached hydrogens (tertiary/aromatic N) is 2. The van der Waals surface area contributed by atoms with Crippen molar-refractivity contribution in [3.8, 4) is 0 Å². The summed E-state index contributed by atoms with van der Waals surface area (Å²) in [5, 5.41) is 3.77. The van der Waals surface area contributed by atoms with E-state index in [-0.39, 0.29) is 11.9 Å². The van der Waals surface area contributed by atoms with E-state index >= 15 is 0 Å². The van der Waals surface area contributed by atoms with Crippen LogP contribution < -0.4 is 5.32 Å². The minimum absolute atomic E-state index is 0.125. The highest BCUT2D eigenvalue weighted by atomic mass is 35.5.